The summed E-state index contributed by atoms with van der Waals surface area (Å²) in [4.78, 5) is 19.4. The molecule has 0 aliphatic rings. The first-order valence-corrected chi connectivity index (χ1v) is 9.74. The summed E-state index contributed by atoms with van der Waals surface area (Å²) in [5.74, 6) is 0.942. The number of methoxy groups -OCH3 is 1. The van der Waals surface area contributed by atoms with Gasteiger partial charge in [0.15, 0.2) is 16.7 Å². The maximum absolute atomic E-state index is 12.3. The highest BCUT2D eigenvalue weighted by Gasteiger charge is 2.20. The van der Waals surface area contributed by atoms with Crippen molar-refractivity contribution in [3.63, 3.8) is 0 Å². The average Bonchev–Trinajstić information content (AvgIpc) is 2.72. The molecule has 0 amide bonds. The fraction of sp³-hybridized carbons (Fsp3) is 0.190. The summed E-state index contributed by atoms with van der Waals surface area (Å²) in [6.07, 6.45) is 1.80. The number of thioether (sulfide) groups is 1. The minimum Gasteiger partial charge on any atom is -0.493 e. The van der Waals surface area contributed by atoms with Crippen molar-refractivity contribution in [1.29, 1.82) is 5.26 Å². The molecule has 0 fully saturated rings. The Kier molecular flexibility index (Phi) is 6.02. The SMILES string of the molecule is COc1cccc(-c2nc(SC)[nH]c(=O)c2C#N)c1OCc1ccccc1C. The van der Waals surface area contributed by atoms with Crippen molar-refractivity contribution in [2.24, 2.45) is 0 Å². The van der Waals surface area contributed by atoms with Crippen LogP contribution in [0.1, 0.15) is 16.7 Å². The lowest BCUT2D eigenvalue weighted by Crippen LogP contribution is -2.15. The Hall–Kier alpha value is -3.24. The molecule has 0 unspecified atom stereocenters. The van der Waals surface area contributed by atoms with Crippen molar-refractivity contribution < 1.29 is 9.47 Å². The summed E-state index contributed by atoms with van der Waals surface area (Å²) in [6.45, 7) is 2.33. The largest absolute Gasteiger partial charge is 0.493 e. The number of ether oxygens (including phenoxy) is 2. The van der Waals surface area contributed by atoms with Gasteiger partial charge in [0, 0.05) is 5.56 Å². The molecule has 142 valence electrons. The van der Waals surface area contributed by atoms with Gasteiger partial charge in [0.2, 0.25) is 0 Å². The molecule has 0 spiro atoms. The lowest BCUT2D eigenvalue weighted by Gasteiger charge is -2.16. The molecule has 0 atom stereocenters. The van der Waals surface area contributed by atoms with Crippen LogP contribution in [-0.2, 0) is 6.61 Å². The first-order chi connectivity index (χ1) is 13.6. The fourth-order valence-corrected chi connectivity index (χ4v) is 3.16. The van der Waals surface area contributed by atoms with Gasteiger partial charge in [-0.05, 0) is 36.4 Å². The summed E-state index contributed by atoms with van der Waals surface area (Å²) < 4.78 is 11.6. The molecule has 0 bridgehead atoms. The first kappa shape index (κ1) is 19.5. The summed E-state index contributed by atoms with van der Waals surface area (Å²) in [6, 6.07) is 15.2. The fourth-order valence-electron chi connectivity index (χ4n) is 2.78. The number of nitrogens with one attached hydrogen (secondary N) is 1. The number of aromatic amines is 1. The monoisotopic (exact) mass is 393 g/mol. The van der Waals surface area contributed by atoms with Crippen LogP contribution in [-0.4, -0.2) is 23.3 Å². The Labute approximate surface area is 167 Å². The van der Waals surface area contributed by atoms with Crippen molar-refractivity contribution in [2.75, 3.05) is 13.4 Å². The lowest BCUT2D eigenvalue weighted by atomic mass is 10.1. The van der Waals surface area contributed by atoms with Crippen molar-refractivity contribution in [1.82, 2.24) is 9.97 Å². The zero-order valence-corrected chi connectivity index (χ0v) is 16.6. The van der Waals surface area contributed by atoms with Gasteiger partial charge in [-0.1, -0.05) is 42.1 Å². The van der Waals surface area contributed by atoms with Crippen molar-refractivity contribution >= 4 is 11.8 Å². The van der Waals surface area contributed by atoms with Crippen LogP contribution >= 0.6 is 11.8 Å². The molecule has 3 aromatic rings. The minimum atomic E-state index is -0.482. The molecule has 28 heavy (non-hydrogen) atoms. The van der Waals surface area contributed by atoms with Crippen LogP contribution in [0.2, 0.25) is 0 Å². The van der Waals surface area contributed by atoms with Crippen LogP contribution in [0.3, 0.4) is 0 Å². The topological polar surface area (TPSA) is 88.0 Å². The molecule has 1 aromatic heterocycles. The van der Waals surface area contributed by atoms with Gasteiger partial charge < -0.3 is 14.5 Å². The van der Waals surface area contributed by atoms with Crippen LogP contribution in [0.15, 0.2) is 52.4 Å². The van der Waals surface area contributed by atoms with Gasteiger partial charge >= 0.3 is 0 Å². The lowest BCUT2D eigenvalue weighted by molar-refractivity contribution is 0.285. The number of nitriles is 1. The Bertz CT molecular complexity index is 1100. The summed E-state index contributed by atoms with van der Waals surface area (Å²) in [7, 11) is 1.55. The highest BCUT2D eigenvalue weighted by Crippen LogP contribution is 2.38. The summed E-state index contributed by atoms with van der Waals surface area (Å²) in [5.41, 5.74) is 2.40. The number of nitrogens with zero attached hydrogens (tertiary/aromatic N) is 2. The van der Waals surface area contributed by atoms with Gasteiger partial charge in [-0.15, -0.1) is 0 Å². The quantitative estimate of drug-likeness (QED) is 0.504. The van der Waals surface area contributed by atoms with E-state index in [4.69, 9.17) is 9.47 Å². The molecule has 2 aromatic carbocycles. The van der Waals surface area contributed by atoms with Crippen molar-refractivity contribution in [3.05, 3.63) is 69.5 Å². The molecule has 1 N–H and O–H groups in total. The normalized spacial score (nSPS) is 10.4. The molecule has 0 aliphatic heterocycles. The summed E-state index contributed by atoms with van der Waals surface area (Å²) in [5, 5.41) is 9.92. The molecule has 0 aliphatic carbocycles. The van der Waals surface area contributed by atoms with E-state index in [0.717, 1.165) is 11.1 Å². The third-order valence-electron chi connectivity index (χ3n) is 4.29. The number of aryl methyl sites for hydroxylation is 1. The zero-order chi connectivity index (χ0) is 20.1. The second kappa shape index (κ2) is 8.63. The number of para-hydroxylation sites is 1. The summed E-state index contributed by atoms with van der Waals surface area (Å²) >= 11 is 1.29. The Morgan fingerprint density at radius 1 is 1.21 bits per heavy atom. The van der Waals surface area contributed by atoms with Crippen LogP contribution in [0, 0.1) is 18.3 Å². The van der Waals surface area contributed by atoms with Gasteiger partial charge in [-0.2, -0.15) is 5.26 Å². The Balaban J connectivity index is 2.13. The highest BCUT2D eigenvalue weighted by molar-refractivity contribution is 7.98. The molecule has 0 radical (unpaired) electrons. The van der Waals surface area contributed by atoms with Crippen LogP contribution < -0.4 is 15.0 Å². The highest BCUT2D eigenvalue weighted by atomic mass is 32.2. The number of rotatable bonds is 6. The third-order valence-corrected chi connectivity index (χ3v) is 4.87. The maximum Gasteiger partial charge on any atom is 0.270 e. The standard InChI is InChI=1S/C21H19N3O3S/c1-13-7-4-5-8-14(13)12-27-19-15(9-6-10-17(19)26-2)18-16(11-22)20(25)24-21(23-18)28-3/h4-10H,12H2,1-3H3,(H,23,24,25). The van der Waals surface area contributed by atoms with E-state index in [2.05, 4.69) is 9.97 Å². The molecule has 3 rings (SSSR count). The van der Waals surface area contributed by atoms with E-state index in [-0.39, 0.29) is 11.3 Å². The number of aromatic nitrogens is 2. The Morgan fingerprint density at radius 2 is 2.00 bits per heavy atom. The molecule has 6 nitrogen and oxygen atoms in total. The smallest absolute Gasteiger partial charge is 0.270 e. The van der Waals surface area contributed by atoms with Gasteiger partial charge in [0.1, 0.15) is 23.9 Å². The number of hydrogen-bond donors (Lipinski definition) is 1. The first-order valence-electron chi connectivity index (χ1n) is 8.52. The van der Waals surface area contributed by atoms with Crippen LogP contribution in [0.5, 0.6) is 11.5 Å². The average molecular weight is 393 g/mol. The predicted molar refractivity (Wildman–Crippen MR) is 109 cm³/mol. The van der Waals surface area contributed by atoms with E-state index in [9.17, 15) is 10.1 Å². The second-order valence-corrected chi connectivity index (χ2v) is 6.76. The van der Waals surface area contributed by atoms with Crippen molar-refractivity contribution in [2.45, 2.75) is 18.7 Å². The maximum atomic E-state index is 12.3. The number of H-pyrrole nitrogens is 1. The van der Waals surface area contributed by atoms with E-state index in [1.165, 1.54) is 11.8 Å². The van der Waals surface area contributed by atoms with E-state index in [0.29, 0.717) is 28.8 Å². The predicted octanol–water partition coefficient (Wildman–Crippen LogP) is 3.93. The van der Waals surface area contributed by atoms with E-state index < -0.39 is 5.56 Å². The molecule has 1 heterocycles. The Morgan fingerprint density at radius 3 is 2.68 bits per heavy atom. The molecular formula is C21H19N3O3S. The van der Waals surface area contributed by atoms with Gasteiger partial charge in [-0.3, -0.25) is 4.79 Å². The van der Waals surface area contributed by atoms with E-state index in [1.807, 2.05) is 37.3 Å². The number of hydrogen-bond acceptors (Lipinski definition) is 6. The van der Waals surface area contributed by atoms with Gasteiger partial charge in [0.05, 0.1) is 7.11 Å². The molecule has 0 saturated heterocycles. The van der Waals surface area contributed by atoms with Crippen LogP contribution in [0.4, 0.5) is 0 Å². The van der Waals surface area contributed by atoms with Crippen molar-refractivity contribution in [3.8, 4) is 28.8 Å². The molecular weight excluding hydrogens is 374 g/mol. The second-order valence-electron chi connectivity index (χ2n) is 5.96. The van der Waals surface area contributed by atoms with E-state index in [1.54, 1.807) is 31.6 Å². The van der Waals surface area contributed by atoms with E-state index >= 15 is 0 Å². The third kappa shape index (κ3) is 3.87. The number of benzene rings is 2. The zero-order valence-electron chi connectivity index (χ0n) is 15.8. The van der Waals surface area contributed by atoms with Crippen LogP contribution in [0.25, 0.3) is 11.3 Å². The van der Waals surface area contributed by atoms with Gasteiger partial charge in [-0.25, -0.2) is 4.98 Å². The molecule has 0 saturated carbocycles. The van der Waals surface area contributed by atoms with Gasteiger partial charge in [0.25, 0.3) is 5.56 Å². The minimum absolute atomic E-state index is 0.0632. The molecule has 7 heteroatoms.